The molecule has 1 heterocycles. The summed E-state index contributed by atoms with van der Waals surface area (Å²) in [6.45, 7) is 1.40. The molecule has 0 saturated heterocycles. The Labute approximate surface area is 112 Å². The summed E-state index contributed by atoms with van der Waals surface area (Å²) in [6, 6.07) is 3.15. The third-order valence-corrected chi connectivity index (χ3v) is 2.97. The van der Waals surface area contributed by atoms with Crippen LogP contribution in [0.3, 0.4) is 0 Å². The lowest BCUT2D eigenvalue weighted by atomic mass is 9.98. The monoisotopic (exact) mass is 268 g/mol. The van der Waals surface area contributed by atoms with Crippen molar-refractivity contribution in [1.29, 1.82) is 0 Å². The van der Waals surface area contributed by atoms with Gasteiger partial charge in [-0.25, -0.2) is 0 Å². The smallest absolute Gasteiger partial charge is 0.273 e. The van der Waals surface area contributed by atoms with Crippen LogP contribution in [0.1, 0.15) is 23.8 Å². The molecule has 0 aliphatic rings. The summed E-state index contributed by atoms with van der Waals surface area (Å²) in [7, 11) is 3.27. The molecule has 0 atom stereocenters. The molecule has 0 spiro atoms. The number of nitrogens with one attached hydrogen (secondary N) is 1. The van der Waals surface area contributed by atoms with Gasteiger partial charge in [-0.15, -0.1) is 10.2 Å². The number of hydrogen-bond donors (Lipinski definition) is 3. The third kappa shape index (κ3) is 3.62. The maximum atomic E-state index is 11.6. The number of aliphatic hydroxyl groups is 2. The van der Waals surface area contributed by atoms with Gasteiger partial charge in [-0.3, -0.25) is 4.79 Å². The van der Waals surface area contributed by atoms with Crippen LogP contribution in [0.5, 0.6) is 0 Å². The Hall–Kier alpha value is -1.73. The van der Waals surface area contributed by atoms with Gasteiger partial charge in [0.15, 0.2) is 5.69 Å². The zero-order valence-corrected chi connectivity index (χ0v) is 11.4. The van der Waals surface area contributed by atoms with E-state index in [0.717, 1.165) is 0 Å². The van der Waals surface area contributed by atoms with Gasteiger partial charge in [0.25, 0.3) is 5.91 Å². The van der Waals surface area contributed by atoms with E-state index < -0.39 is 5.54 Å². The van der Waals surface area contributed by atoms with Crippen LogP contribution in [-0.2, 0) is 0 Å². The first-order chi connectivity index (χ1) is 8.98. The lowest BCUT2D eigenvalue weighted by Gasteiger charge is -2.29. The lowest BCUT2D eigenvalue weighted by molar-refractivity contribution is 0.0820. The minimum absolute atomic E-state index is 0.222. The van der Waals surface area contributed by atoms with Gasteiger partial charge in [0, 0.05) is 14.1 Å². The molecule has 0 aromatic carbocycles. The average Bonchev–Trinajstić information content (AvgIpc) is 2.45. The zero-order chi connectivity index (χ0) is 14.5. The van der Waals surface area contributed by atoms with Crippen LogP contribution in [0.4, 0.5) is 5.82 Å². The van der Waals surface area contributed by atoms with Gasteiger partial charge in [-0.05, 0) is 18.6 Å². The fraction of sp³-hybridized carbons (Fsp3) is 0.583. The second-order valence-corrected chi connectivity index (χ2v) is 4.58. The first-order valence-electron chi connectivity index (χ1n) is 6.03. The number of hydrogen-bond acceptors (Lipinski definition) is 6. The van der Waals surface area contributed by atoms with Gasteiger partial charge in [-0.2, -0.15) is 0 Å². The Kier molecular flexibility index (Phi) is 5.20. The summed E-state index contributed by atoms with van der Waals surface area (Å²) < 4.78 is 0. The molecule has 1 aromatic rings. The molecule has 1 aromatic heterocycles. The molecule has 1 amide bonds. The molecule has 1 rings (SSSR count). The van der Waals surface area contributed by atoms with Gasteiger partial charge < -0.3 is 20.4 Å². The van der Waals surface area contributed by atoms with Crippen LogP contribution in [0, 0.1) is 0 Å². The molecule has 0 saturated carbocycles. The van der Waals surface area contributed by atoms with E-state index in [4.69, 9.17) is 0 Å². The lowest BCUT2D eigenvalue weighted by Crippen LogP contribution is -2.45. The standard InChI is InChI=1S/C12H20N4O3/c1-4-12(7-17,8-18)13-10-6-5-9(14-15-10)11(19)16(2)3/h5-6,17-18H,4,7-8H2,1-3H3,(H,13,15). The minimum Gasteiger partial charge on any atom is -0.394 e. The Morgan fingerprint density at radius 3 is 2.32 bits per heavy atom. The molecule has 0 radical (unpaired) electrons. The average molecular weight is 268 g/mol. The van der Waals surface area contributed by atoms with E-state index in [9.17, 15) is 15.0 Å². The topological polar surface area (TPSA) is 98.6 Å². The maximum absolute atomic E-state index is 11.6. The molecule has 7 nitrogen and oxygen atoms in total. The van der Waals surface area contributed by atoms with Crippen molar-refractivity contribution < 1.29 is 15.0 Å². The van der Waals surface area contributed by atoms with Crippen molar-refractivity contribution in [3.63, 3.8) is 0 Å². The zero-order valence-electron chi connectivity index (χ0n) is 11.4. The molecule has 19 heavy (non-hydrogen) atoms. The number of aromatic nitrogens is 2. The van der Waals surface area contributed by atoms with E-state index in [-0.39, 0.29) is 24.8 Å². The Balaban J connectivity index is 2.85. The highest BCUT2D eigenvalue weighted by atomic mass is 16.3. The summed E-state index contributed by atoms with van der Waals surface area (Å²) >= 11 is 0. The predicted octanol–water partition coefficient (Wildman–Crippen LogP) is -0.276. The maximum Gasteiger partial charge on any atom is 0.273 e. The van der Waals surface area contributed by atoms with E-state index in [2.05, 4.69) is 15.5 Å². The Morgan fingerprint density at radius 1 is 1.32 bits per heavy atom. The van der Waals surface area contributed by atoms with Crippen molar-refractivity contribution in [2.45, 2.75) is 18.9 Å². The molecule has 0 fully saturated rings. The number of rotatable bonds is 6. The van der Waals surface area contributed by atoms with Gasteiger partial charge in [-0.1, -0.05) is 6.92 Å². The van der Waals surface area contributed by atoms with Gasteiger partial charge in [0.05, 0.1) is 18.8 Å². The second-order valence-electron chi connectivity index (χ2n) is 4.58. The highest BCUT2D eigenvalue weighted by molar-refractivity contribution is 5.91. The summed E-state index contributed by atoms with van der Waals surface area (Å²) in [4.78, 5) is 13.0. The number of aliphatic hydroxyl groups excluding tert-OH is 2. The molecule has 0 aliphatic heterocycles. The van der Waals surface area contributed by atoms with Crippen LogP contribution < -0.4 is 5.32 Å². The number of carbonyl (C=O) groups is 1. The van der Waals surface area contributed by atoms with E-state index in [1.165, 1.54) is 4.90 Å². The van der Waals surface area contributed by atoms with Crippen molar-refractivity contribution >= 4 is 11.7 Å². The highest BCUT2D eigenvalue weighted by Gasteiger charge is 2.26. The van der Waals surface area contributed by atoms with E-state index in [1.807, 2.05) is 6.92 Å². The summed E-state index contributed by atoms with van der Waals surface area (Å²) in [5.74, 6) is 0.172. The molecule has 106 valence electrons. The predicted molar refractivity (Wildman–Crippen MR) is 70.9 cm³/mol. The van der Waals surface area contributed by atoms with E-state index in [0.29, 0.717) is 12.2 Å². The summed E-state index contributed by atoms with van der Waals surface area (Å²) in [6.07, 6.45) is 0.528. The van der Waals surface area contributed by atoms with Crippen LogP contribution in [0.15, 0.2) is 12.1 Å². The second kappa shape index (κ2) is 6.44. The van der Waals surface area contributed by atoms with E-state index >= 15 is 0 Å². The molecule has 0 aliphatic carbocycles. The Bertz CT molecular complexity index is 407. The van der Waals surface area contributed by atoms with E-state index in [1.54, 1.807) is 26.2 Å². The van der Waals surface area contributed by atoms with Gasteiger partial charge in [0.2, 0.25) is 0 Å². The molecule has 3 N–H and O–H groups in total. The molecular weight excluding hydrogens is 248 g/mol. The molecule has 0 bridgehead atoms. The number of anilines is 1. The van der Waals surface area contributed by atoms with Crippen molar-refractivity contribution in [2.24, 2.45) is 0 Å². The number of amides is 1. The quantitative estimate of drug-likeness (QED) is 0.656. The Morgan fingerprint density at radius 2 is 1.95 bits per heavy atom. The molecule has 0 unspecified atom stereocenters. The van der Waals surface area contributed by atoms with Crippen molar-refractivity contribution in [2.75, 3.05) is 32.6 Å². The van der Waals surface area contributed by atoms with Crippen molar-refractivity contribution in [3.8, 4) is 0 Å². The summed E-state index contributed by atoms with van der Waals surface area (Å²) in [5, 5.41) is 29.3. The van der Waals surface area contributed by atoms with Crippen LogP contribution in [0.2, 0.25) is 0 Å². The van der Waals surface area contributed by atoms with Crippen LogP contribution in [0.25, 0.3) is 0 Å². The first-order valence-corrected chi connectivity index (χ1v) is 6.03. The van der Waals surface area contributed by atoms with Gasteiger partial charge in [0.1, 0.15) is 5.82 Å². The van der Waals surface area contributed by atoms with Crippen LogP contribution in [-0.4, -0.2) is 64.1 Å². The van der Waals surface area contributed by atoms with Crippen molar-refractivity contribution in [3.05, 3.63) is 17.8 Å². The minimum atomic E-state index is -0.832. The SMILES string of the molecule is CCC(CO)(CO)Nc1ccc(C(=O)N(C)C)nn1. The third-order valence-electron chi connectivity index (χ3n) is 2.97. The van der Waals surface area contributed by atoms with Crippen molar-refractivity contribution in [1.82, 2.24) is 15.1 Å². The molecular formula is C12H20N4O3. The fourth-order valence-electron chi connectivity index (χ4n) is 1.45. The normalized spacial score (nSPS) is 11.2. The number of carbonyl (C=O) groups excluding carboxylic acids is 1. The highest BCUT2D eigenvalue weighted by Crippen LogP contribution is 2.16. The summed E-state index contributed by atoms with van der Waals surface area (Å²) in [5.41, 5.74) is -0.590. The fourth-order valence-corrected chi connectivity index (χ4v) is 1.45. The first kappa shape index (κ1) is 15.3. The van der Waals surface area contributed by atoms with Crippen LogP contribution >= 0.6 is 0 Å². The number of nitrogens with zero attached hydrogens (tertiary/aromatic N) is 3. The molecule has 7 heteroatoms. The largest absolute Gasteiger partial charge is 0.394 e. The van der Waals surface area contributed by atoms with Gasteiger partial charge >= 0.3 is 0 Å².